The molecule has 4 rings (SSSR count). The number of aliphatic carboxylic acids is 1. The molecule has 2 heterocycles. The number of likely N-dealkylation sites (N-methyl/N-ethyl adjacent to an activating group) is 1. The maximum absolute atomic E-state index is 14.4. The van der Waals surface area contributed by atoms with E-state index in [1.165, 1.54) is 28.9 Å². The lowest BCUT2D eigenvalue weighted by Gasteiger charge is -2.26. The normalized spacial score (nSPS) is 17.2. The van der Waals surface area contributed by atoms with Crippen molar-refractivity contribution in [1.82, 2.24) is 25.1 Å². The van der Waals surface area contributed by atoms with Crippen LogP contribution in [0.15, 0.2) is 42.6 Å². The van der Waals surface area contributed by atoms with E-state index < -0.39 is 24.3 Å². The number of anilines is 1. The largest absolute Gasteiger partial charge is 0.480 e. The predicted octanol–water partition coefficient (Wildman–Crippen LogP) is 5.53. The van der Waals surface area contributed by atoms with Crippen molar-refractivity contribution in [3.05, 3.63) is 64.6 Å². The average Bonchev–Trinajstić information content (AvgIpc) is 3.32. The highest BCUT2D eigenvalue weighted by atomic mass is 35.5. The van der Waals surface area contributed by atoms with E-state index in [4.69, 9.17) is 22.1 Å². The number of halogens is 4. The third-order valence-electron chi connectivity index (χ3n) is 6.67. The van der Waals surface area contributed by atoms with Gasteiger partial charge in [0.25, 0.3) is 0 Å². The van der Waals surface area contributed by atoms with E-state index in [9.17, 15) is 23.1 Å². The quantitative estimate of drug-likeness (QED) is 0.287. The summed E-state index contributed by atoms with van der Waals surface area (Å²) in [4.78, 5) is 19.6. The van der Waals surface area contributed by atoms with Gasteiger partial charge in [0.1, 0.15) is 6.04 Å². The molecule has 0 bridgehead atoms. The first-order valence-electron chi connectivity index (χ1n) is 12.8. The maximum atomic E-state index is 14.4. The Labute approximate surface area is 234 Å². The number of rotatable bonds is 10. The van der Waals surface area contributed by atoms with Gasteiger partial charge in [-0.2, -0.15) is 23.3 Å². The number of ether oxygens (including phenoxy) is 1. The topological polar surface area (TPSA) is 128 Å². The second-order valence-electron chi connectivity index (χ2n) is 9.65. The zero-order chi connectivity index (χ0) is 29.0. The first kappa shape index (κ1) is 29.3. The van der Waals surface area contributed by atoms with Crippen molar-refractivity contribution in [2.45, 2.75) is 57.9 Å². The van der Waals surface area contributed by atoms with E-state index >= 15 is 0 Å². The minimum atomic E-state index is -4.81. The zero-order valence-electron chi connectivity index (χ0n) is 22.0. The summed E-state index contributed by atoms with van der Waals surface area (Å²) in [6, 6.07) is 6.36. The van der Waals surface area contributed by atoms with Crippen molar-refractivity contribution in [3.63, 3.8) is 0 Å². The highest BCUT2D eigenvalue weighted by Crippen LogP contribution is 2.40. The molecule has 1 unspecified atom stereocenters. The molecule has 13 heteroatoms. The molecule has 0 radical (unpaired) electrons. The van der Waals surface area contributed by atoms with E-state index in [0.29, 0.717) is 43.6 Å². The summed E-state index contributed by atoms with van der Waals surface area (Å²) in [6.07, 6.45) is -1.41. The number of nitrogen functional groups attached to an aromatic ring is 1. The van der Waals surface area contributed by atoms with Crippen LogP contribution in [0, 0.1) is 12.8 Å². The maximum Gasteiger partial charge on any atom is 0.429 e. The Morgan fingerprint density at radius 2 is 2.08 bits per heavy atom. The number of hydrogen-bond donors (Lipinski definition) is 3. The molecule has 214 valence electrons. The summed E-state index contributed by atoms with van der Waals surface area (Å²) >= 11 is 6.11. The van der Waals surface area contributed by atoms with Crippen LogP contribution in [0.4, 0.5) is 19.1 Å². The summed E-state index contributed by atoms with van der Waals surface area (Å²) in [5, 5.41) is 16.9. The highest BCUT2D eigenvalue weighted by Gasteiger charge is 2.45. The molecule has 1 aliphatic rings. The Bertz CT molecular complexity index is 1390. The molecular weight excluding hydrogens is 549 g/mol. The molecule has 3 aromatic rings. The molecule has 3 atom stereocenters. The molecule has 0 aliphatic heterocycles. The second-order valence-corrected chi connectivity index (χ2v) is 10.1. The summed E-state index contributed by atoms with van der Waals surface area (Å²) in [6.45, 7) is 4.12. The number of nitrogens with one attached hydrogen (secondary N) is 1. The minimum absolute atomic E-state index is 0.114. The van der Waals surface area contributed by atoms with E-state index in [2.05, 4.69) is 20.4 Å². The van der Waals surface area contributed by atoms with E-state index in [1.54, 1.807) is 19.2 Å². The Morgan fingerprint density at radius 1 is 1.30 bits per heavy atom. The van der Waals surface area contributed by atoms with Crippen LogP contribution in [0.5, 0.6) is 5.88 Å². The number of aryl methyl sites for hydroxylation is 1. The molecule has 2 aromatic heterocycles. The third-order valence-corrected chi connectivity index (χ3v) is 6.90. The Morgan fingerprint density at radius 3 is 2.67 bits per heavy atom. The molecule has 4 N–H and O–H groups in total. The van der Waals surface area contributed by atoms with E-state index in [0.717, 1.165) is 5.57 Å². The summed E-state index contributed by atoms with van der Waals surface area (Å²) in [7, 11) is 0. The number of carboxylic acids is 1. The predicted molar refractivity (Wildman–Crippen MR) is 144 cm³/mol. The number of hydrogen-bond acceptors (Lipinski definition) is 7. The van der Waals surface area contributed by atoms with Crippen molar-refractivity contribution in [2.24, 2.45) is 5.92 Å². The van der Waals surface area contributed by atoms with E-state index in [1.807, 2.05) is 13.0 Å². The van der Waals surface area contributed by atoms with Gasteiger partial charge in [0.2, 0.25) is 17.9 Å². The highest BCUT2D eigenvalue weighted by molar-refractivity contribution is 6.30. The molecule has 0 saturated carbocycles. The summed E-state index contributed by atoms with van der Waals surface area (Å²) in [5.41, 5.74) is 7.56. The van der Waals surface area contributed by atoms with Crippen LogP contribution >= 0.6 is 11.6 Å². The van der Waals surface area contributed by atoms with Gasteiger partial charge in [-0.3, -0.25) is 4.79 Å². The number of nitrogens with zero attached hydrogens (tertiary/aromatic N) is 4. The van der Waals surface area contributed by atoms with Crippen LogP contribution < -0.4 is 15.8 Å². The van der Waals surface area contributed by atoms with Gasteiger partial charge in [0, 0.05) is 22.8 Å². The number of allylic oxidation sites excluding steroid dienone is 2. The lowest BCUT2D eigenvalue weighted by molar-refractivity contribution is -0.198. The molecule has 40 heavy (non-hydrogen) atoms. The van der Waals surface area contributed by atoms with Gasteiger partial charge in [-0.1, -0.05) is 30.7 Å². The van der Waals surface area contributed by atoms with Gasteiger partial charge in [0.05, 0.1) is 17.1 Å². The van der Waals surface area contributed by atoms with Crippen molar-refractivity contribution < 1.29 is 27.8 Å². The third kappa shape index (κ3) is 7.11. The average molecular weight is 579 g/mol. The van der Waals surface area contributed by atoms with Crippen LogP contribution in [-0.4, -0.2) is 49.6 Å². The Balaban J connectivity index is 1.60. The number of carboxylic acid groups (broad SMARTS) is 1. The monoisotopic (exact) mass is 578 g/mol. The fourth-order valence-electron chi connectivity index (χ4n) is 4.77. The zero-order valence-corrected chi connectivity index (χ0v) is 22.7. The molecule has 0 amide bonds. The van der Waals surface area contributed by atoms with Crippen molar-refractivity contribution >= 4 is 29.1 Å². The first-order chi connectivity index (χ1) is 18.9. The molecular formula is C27H30ClF3N6O3. The second kappa shape index (κ2) is 12.3. The van der Waals surface area contributed by atoms with Gasteiger partial charge in [0.15, 0.2) is 0 Å². The van der Waals surface area contributed by atoms with Crippen LogP contribution in [-0.2, 0) is 4.79 Å². The molecule has 0 saturated heterocycles. The minimum Gasteiger partial charge on any atom is -0.480 e. The van der Waals surface area contributed by atoms with Gasteiger partial charge in [-0.15, -0.1) is 0 Å². The van der Waals surface area contributed by atoms with Crippen LogP contribution in [0.25, 0.3) is 11.3 Å². The number of benzene rings is 1. The Kier molecular flexibility index (Phi) is 8.99. The lowest BCUT2D eigenvalue weighted by atomic mass is 9.84. The van der Waals surface area contributed by atoms with Gasteiger partial charge >= 0.3 is 12.1 Å². The van der Waals surface area contributed by atoms with Crippen LogP contribution in [0.2, 0.25) is 5.02 Å². The first-order valence-corrected chi connectivity index (χ1v) is 13.2. The number of nitrogens with two attached hydrogens (primary N) is 1. The summed E-state index contributed by atoms with van der Waals surface area (Å²) < 4.78 is 49.9. The van der Waals surface area contributed by atoms with Crippen LogP contribution in [0.1, 0.15) is 55.7 Å². The number of aromatic nitrogens is 4. The van der Waals surface area contributed by atoms with Gasteiger partial charge < -0.3 is 20.9 Å². The van der Waals surface area contributed by atoms with Crippen molar-refractivity contribution in [2.75, 3.05) is 12.3 Å². The molecule has 9 nitrogen and oxygen atoms in total. The molecule has 0 spiro atoms. The van der Waals surface area contributed by atoms with E-state index in [-0.39, 0.29) is 34.0 Å². The van der Waals surface area contributed by atoms with Crippen molar-refractivity contribution in [3.8, 4) is 11.6 Å². The fourth-order valence-corrected chi connectivity index (χ4v) is 4.93. The molecule has 1 aromatic carbocycles. The number of carbonyl (C=O) groups is 1. The van der Waals surface area contributed by atoms with Gasteiger partial charge in [-0.25, -0.2) is 9.67 Å². The SMILES string of the molecule is CCN[C@@H](CC1CC=C(c2cc(O[C@H](c3ccc(Cl)cc3-n3ccc(C)n3)C(F)(F)F)nc(N)n2)CC1)C(=O)O. The van der Waals surface area contributed by atoms with Gasteiger partial charge in [-0.05, 0) is 68.8 Å². The number of alkyl halides is 3. The Hall–Kier alpha value is -3.64. The molecule has 1 aliphatic carbocycles. The smallest absolute Gasteiger partial charge is 0.429 e. The van der Waals surface area contributed by atoms with Crippen LogP contribution in [0.3, 0.4) is 0 Å². The molecule has 0 fully saturated rings. The standard InChI is InChI=1S/C27H30ClF3N6O3/c1-3-33-21(25(38)39)12-16-4-6-17(7-5-16)20-14-23(35-26(32)34-20)40-24(27(29,30)31)19-9-8-18(28)13-22(19)37-11-10-15(2)36-37/h6,8-11,13-14,16,21,24,33H,3-5,7,12H2,1-2H3,(H,38,39)(H2,32,34,35)/t16?,21-,24+/m0/s1. The van der Waals surface area contributed by atoms with Crippen molar-refractivity contribution in [1.29, 1.82) is 0 Å². The fraction of sp³-hybridized carbons (Fsp3) is 0.407. The lowest BCUT2D eigenvalue weighted by Crippen LogP contribution is -2.38. The summed E-state index contributed by atoms with van der Waals surface area (Å²) in [5.74, 6) is -1.31.